The predicted octanol–water partition coefficient (Wildman–Crippen LogP) is 7.91. The standard InChI is InChI=1S/C33H44O7/c1-2-3-4-5-6-7-8-9-10-11-12-13-14-15-16-17-32(38)39-31-23-26-28(36)21-25(34)22-30(26)40-33(31)24-18-19-27(35)29(37)20-24/h6-7,9-10,18-22,31,33-37H,2-5,8,11-17,23H2,1H3/b7-6-,10-9-/t31-,33+/m0/s1. The molecule has 0 saturated carbocycles. The molecular weight excluding hydrogens is 508 g/mol. The summed E-state index contributed by atoms with van der Waals surface area (Å²) in [6.45, 7) is 2.22. The van der Waals surface area contributed by atoms with Crippen molar-refractivity contribution < 1.29 is 34.7 Å². The lowest BCUT2D eigenvalue weighted by Gasteiger charge is -2.34. The summed E-state index contributed by atoms with van der Waals surface area (Å²) in [6.07, 6.45) is 20.0. The highest BCUT2D eigenvalue weighted by Crippen LogP contribution is 2.43. The van der Waals surface area contributed by atoms with Crippen molar-refractivity contribution in [2.24, 2.45) is 0 Å². The van der Waals surface area contributed by atoms with Crippen molar-refractivity contribution in [3.05, 3.63) is 65.8 Å². The number of allylic oxidation sites excluding steroid dienone is 4. The summed E-state index contributed by atoms with van der Waals surface area (Å²) in [5.41, 5.74) is 0.936. The number of hydrogen-bond donors (Lipinski definition) is 4. The molecule has 0 radical (unpaired) electrons. The second-order valence-corrected chi connectivity index (χ2v) is 10.4. The maximum Gasteiger partial charge on any atom is 0.306 e. The molecular formula is C33H44O7. The predicted molar refractivity (Wildman–Crippen MR) is 156 cm³/mol. The molecule has 0 fully saturated rings. The van der Waals surface area contributed by atoms with E-state index in [4.69, 9.17) is 9.47 Å². The zero-order chi connectivity index (χ0) is 28.7. The van der Waals surface area contributed by atoms with E-state index in [-0.39, 0.29) is 47.6 Å². The van der Waals surface area contributed by atoms with Crippen LogP contribution in [0.1, 0.15) is 101 Å². The SMILES string of the molecule is CCCCC/C=C\C/C=C\CCCCCCCC(=O)O[C@H]1Cc2c(O)cc(O)cc2O[C@@H]1c1ccc(O)c(O)c1. The van der Waals surface area contributed by atoms with Crippen LogP contribution in [0, 0.1) is 0 Å². The van der Waals surface area contributed by atoms with Crippen molar-refractivity contribution >= 4 is 5.97 Å². The van der Waals surface area contributed by atoms with E-state index in [0.29, 0.717) is 11.1 Å². The number of esters is 1. The Morgan fingerprint density at radius 1 is 0.850 bits per heavy atom. The van der Waals surface area contributed by atoms with Crippen molar-refractivity contribution in [1.29, 1.82) is 0 Å². The van der Waals surface area contributed by atoms with Crippen LogP contribution in [-0.2, 0) is 16.0 Å². The van der Waals surface area contributed by atoms with Crippen LogP contribution < -0.4 is 4.74 Å². The largest absolute Gasteiger partial charge is 0.508 e. The van der Waals surface area contributed by atoms with Gasteiger partial charge in [-0.1, -0.05) is 69.4 Å². The van der Waals surface area contributed by atoms with Gasteiger partial charge in [0.05, 0.1) is 0 Å². The minimum Gasteiger partial charge on any atom is -0.508 e. The molecule has 2 aromatic rings. The first-order valence-corrected chi connectivity index (χ1v) is 14.6. The van der Waals surface area contributed by atoms with Crippen LogP contribution >= 0.6 is 0 Å². The van der Waals surface area contributed by atoms with E-state index in [1.165, 1.54) is 49.9 Å². The van der Waals surface area contributed by atoms with Crippen LogP contribution in [0.3, 0.4) is 0 Å². The van der Waals surface area contributed by atoms with E-state index in [1.54, 1.807) is 6.07 Å². The summed E-state index contributed by atoms with van der Waals surface area (Å²) in [5.74, 6) is -0.965. The van der Waals surface area contributed by atoms with E-state index in [9.17, 15) is 25.2 Å². The van der Waals surface area contributed by atoms with Gasteiger partial charge in [-0.15, -0.1) is 0 Å². The zero-order valence-electron chi connectivity index (χ0n) is 23.6. The first kappa shape index (κ1) is 30.9. The van der Waals surface area contributed by atoms with Gasteiger partial charge in [0.1, 0.15) is 23.4 Å². The number of fused-ring (bicyclic) bond motifs is 1. The van der Waals surface area contributed by atoms with Gasteiger partial charge in [0.2, 0.25) is 0 Å². The van der Waals surface area contributed by atoms with Gasteiger partial charge in [-0.3, -0.25) is 4.79 Å². The Kier molecular flexibility index (Phi) is 12.7. The van der Waals surface area contributed by atoms with Gasteiger partial charge in [0.25, 0.3) is 0 Å². The highest BCUT2D eigenvalue weighted by Gasteiger charge is 2.36. The summed E-state index contributed by atoms with van der Waals surface area (Å²) in [5, 5.41) is 39.9. The molecule has 4 N–H and O–H groups in total. The smallest absolute Gasteiger partial charge is 0.306 e. The van der Waals surface area contributed by atoms with Gasteiger partial charge in [-0.05, 0) is 50.7 Å². The Balaban J connectivity index is 1.41. The number of carbonyl (C=O) groups excluding carboxylic acids is 1. The zero-order valence-corrected chi connectivity index (χ0v) is 23.6. The molecule has 40 heavy (non-hydrogen) atoms. The molecule has 0 aromatic heterocycles. The summed E-state index contributed by atoms with van der Waals surface area (Å²) in [6, 6.07) is 6.88. The minimum absolute atomic E-state index is 0.142. The van der Waals surface area contributed by atoms with Crippen LogP contribution in [-0.4, -0.2) is 32.5 Å². The van der Waals surface area contributed by atoms with Gasteiger partial charge < -0.3 is 29.9 Å². The summed E-state index contributed by atoms with van der Waals surface area (Å²) in [7, 11) is 0. The monoisotopic (exact) mass is 552 g/mol. The molecule has 0 unspecified atom stereocenters. The summed E-state index contributed by atoms with van der Waals surface area (Å²) < 4.78 is 11.8. The highest BCUT2D eigenvalue weighted by atomic mass is 16.6. The third-order valence-electron chi connectivity index (χ3n) is 7.11. The first-order valence-electron chi connectivity index (χ1n) is 14.6. The average molecular weight is 553 g/mol. The molecule has 3 rings (SSSR count). The lowest BCUT2D eigenvalue weighted by molar-refractivity contribution is -0.155. The van der Waals surface area contributed by atoms with Gasteiger partial charge in [0.15, 0.2) is 17.6 Å². The highest BCUT2D eigenvalue weighted by molar-refractivity contribution is 5.69. The lowest BCUT2D eigenvalue weighted by atomic mass is 9.93. The maximum atomic E-state index is 12.7. The molecule has 0 spiro atoms. The second kappa shape index (κ2) is 16.5. The molecule has 7 nitrogen and oxygen atoms in total. The molecule has 218 valence electrons. The molecule has 0 bridgehead atoms. The number of ether oxygens (including phenoxy) is 2. The molecule has 1 aliphatic rings. The van der Waals surface area contributed by atoms with E-state index in [0.717, 1.165) is 44.9 Å². The van der Waals surface area contributed by atoms with Gasteiger partial charge in [-0.2, -0.15) is 0 Å². The molecule has 7 heteroatoms. The second-order valence-electron chi connectivity index (χ2n) is 10.4. The molecule has 0 aliphatic carbocycles. The quantitative estimate of drug-likeness (QED) is 0.0723. The fourth-order valence-electron chi connectivity index (χ4n) is 4.86. The summed E-state index contributed by atoms with van der Waals surface area (Å²) >= 11 is 0. The van der Waals surface area contributed by atoms with Gasteiger partial charge in [-0.25, -0.2) is 0 Å². The molecule has 2 atom stereocenters. The Bertz CT molecular complexity index is 1140. The minimum atomic E-state index is -0.784. The van der Waals surface area contributed by atoms with Crippen molar-refractivity contribution in [2.75, 3.05) is 0 Å². The number of unbranched alkanes of at least 4 members (excludes halogenated alkanes) is 8. The molecule has 1 heterocycles. The van der Waals surface area contributed by atoms with E-state index in [2.05, 4.69) is 31.2 Å². The first-order chi connectivity index (χ1) is 19.4. The van der Waals surface area contributed by atoms with Crippen LogP contribution in [0.25, 0.3) is 0 Å². The fraction of sp³-hybridized carbons (Fsp3) is 0.485. The summed E-state index contributed by atoms with van der Waals surface area (Å²) in [4.78, 5) is 12.7. The number of aromatic hydroxyl groups is 4. The number of carbonyl (C=O) groups is 1. The number of benzene rings is 2. The number of phenolic OH excluding ortho intramolecular Hbond substituents is 4. The lowest BCUT2D eigenvalue weighted by Crippen LogP contribution is -2.34. The van der Waals surface area contributed by atoms with E-state index >= 15 is 0 Å². The Morgan fingerprint density at radius 2 is 1.55 bits per heavy atom. The van der Waals surface area contributed by atoms with E-state index < -0.39 is 12.2 Å². The third kappa shape index (κ3) is 9.85. The normalized spacial score (nSPS) is 16.7. The van der Waals surface area contributed by atoms with Crippen LogP contribution in [0.15, 0.2) is 54.6 Å². The Morgan fingerprint density at radius 3 is 2.27 bits per heavy atom. The molecule has 1 aliphatic heterocycles. The molecule has 2 aromatic carbocycles. The average Bonchev–Trinajstić information content (AvgIpc) is 2.92. The number of phenols is 4. The number of hydrogen-bond acceptors (Lipinski definition) is 7. The number of rotatable bonds is 16. The van der Waals surface area contributed by atoms with Crippen LogP contribution in [0.4, 0.5) is 0 Å². The van der Waals surface area contributed by atoms with E-state index in [1.807, 2.05) is 0 Å². The topological polar surface area (TPSA) is 116 Å². The Labute approximate surface area is 237 Å². The van der Waals surface area contributed by atoms with Crippen molar-refractivity contribution in [3.8, 4) is 28.7 Å². The third-order valence-corrected chi connectivity index (χ3v) is 7.11. The molecule has 0 amide bonds. The Hall–Kier alpha value is -3.61. The van der Waals surface area contributed by atoms with Crippen molar-refractivity contribution in [1.82, 2.24) is 0 Å². The van der Waals surface area contributed by atoms with Crippen molar-refractivity contribution in [3.63, 3.8) is 0 Å². The fourth-order valence-corrected chi connectivity index (χ4v) is 4.86. The van der Waals surface area contributed by atoms with Crippen LogP contribution in [0.2, 0.25) is 0 Å². The van der Waals surface area contributed by atoms with Crippen molar-refractivity contribution in [2.45, 2.75) is 103 Å². The molecule has 0 saturated heterocycles. The van der Waals surface area contributed by atoms with Gasteiger partial charge in [0, 0.05) is 36.1 Å². The van der Waals surface area contributed by atoms with Gasteiger partial charge >= 0.3 is 5.97 Å². The van der Waals surface area contributed by atoms with Crippen LogP contribution in [0.5, 0.6) is 28.7 Å². The maximum absolute atomic E-state index is 12.7.